The summed E-state index contributed by atoms with van der Waals surface area (Å²) < 4.78 is 0. The van der Waals surface area contributed by atoms with E-state index < -0.39 is 0 Å². The van der Waals surface area contributed by atoms with Crippen molar-refractivity contribution in [1.82, 2.24) is 25.6 Å². The molecule has 1 aliphatic heterocycles. The van der Waals surface area contributed by atoms with Crippen molar-refractivity contribution < 1.29 is 4.79 Å². The second kappa shape index (κ2) is 13.1. The summed E-state index contributed by atoms with van der Waals surface area (Å²) in [4.78, 5) is 26.0. The molecule has 0 spiro atoms. The van der Waals surface area contributed by atoms with Crippen LogP contribution < -0.4 is 21.3 Å². The number of rotatable bonds is 5. The normalized spacial score (nSPS) is 13.1. The predicted molar refractivity (Wildman–Crippen MR) is 115 cm³/mol. The molecule has 1 amide bonds. The van der Waals surface area contributed by atoms with Crippen LogP contribution in [0.5, 0.6) is 0 Å². The van der Waals surface area contributed by atoms with Gasteiger partial charge in [0.25, 0.3) is 5.91 Å². The Bertz CT molecular complexity index is 713. The number of aromatic nitrogens is 3. The number of nitrogens with two attached hydrogens (primary N) is 1. The molecular weight excluding hydrogens is 362 g/mol. The number of fused-ring (bicyclic) bond motifs is 1. The molecule has 0 bridgehead atoms. The van der Waals surface area contributed by atoms with E-state index in [-0.39, 0.29) is 5.91 Å². The van der Waals surface area contributed by atoms with E-state index >= 15 is 0 Å². The molecule has 0 aliphatic carbocycles. The van der Waals surface area contributed by atoms with Gasteiger partial charge < -0.3 is 26.3 Å². The molecule has 2 aromatic heterocycles. The van der Waals surface area contributed by atoms with Gasteiger partial charge in [-0.25, -0.2) is 9.97 Å². The summed E-state index contributed by atoms with van der Waals surface area (Å²) in [5, 5.41) is 6.67. The summed E-state index contributed by atoms with van der Waals surface area (Å²) in [7, 11) is 5.12. The first-order chi connectivity index (χ1) is 13.2. The van der Waals surface area contributed by atoms with E-state index in [2.05, 4.69) is 38.2 Å². The molecule has 150 valence electrons. The monoisotopic (exact) mass is 393 g/mol. The van der Waals surface area contributed by atoms with Gasteiger partial charge in [0.05, 0.1) is 10.3 Å². The highest BCUT2D eigenvalue weighted by Gasteiger charge is 2.19. The first kappa shape index (κ1) is 22.9. The van der Waals surface area contributed by atoms with Gasteiger partial charge in [-0.2, -0.15) is 0 Å². The molecule has 0 unspecified atom stereocenters. The minimum atomic E-state index is -0.0610. The Labute approximate surface area is 165 Å². The van der Waals surface area contributed by atoms with Crippen molar-refractivity contribution in [3.63, 3.8) is 0 Å². The Morgan fingerprint density at radius 1 is 1.37 bits per heavy atom. The number of amides is 1. The molecule has 2 aromatic rings. The molecule has 3 rings (SSSR count). The first-order valence-corrected chi connectivity index (χ1v) is 10.0. The minimum Gasteiger partial charge on any atom is -0.355 e. The summed E-state index contributed by atoms with van der Waals surface area (Å²) >= 11 is 1.56. The Morgan fingerprint density at radius 3 is 2.78 bits per heavy atom. The molecule has 0 fully saturated rings. The van der Waals surface area contributed by atoms with Crippen molar-refractivity contribution in [2.24, 2.45) is 5.73 Å². The van der Waals surface area contributed by atoms with E-state index in [1.807, 2.05) is 30.4 Å². The lowest BCUT2D eigenvalue weighted by Crippen LogP contribution is -2.29. The smallest absolute Gasteiger partial charge is 0.258 e. The number of H-pyrrole nitrogens is 1. The number of carbonyl (C=O) groups is 1. The van der Waals surface area contributed by atoms with Gasteiger partial charge in [-0.1, -0.05) is 13.3 Å². The van der Waals surface area contributed by atoms with Crippen LogP contribution in [0, 0.1) is 0 Å². The Kier molecular flexibility index (Phi) is 11.2. The second-order valence-corrected chi connectivity index (χ2v) is 6.65. The van der Waals surface area contributed by atoms with Crippen molar-refractivity contribution in [3.8, 4) is 0 Å². The van der Waals surface area contributed by atoms with E-state index in [4.69, 9.17) is 0 Å². The number of unbranched alkanes of at least 4 members (excludes halogenated alkanes) is 1. The van der Waals surface area contributed by atoms with Gasteiger partial charge in [0.1, 0.15) is 17.8 Å². The van der Waals surface area contributed by atoms with Gasteiger partial charge in [0, 0.05) is 31.7 Å². The zero-order valence-electron chi connectivity index (χ0n) is 16.6. The summed E-state index contributed by atoms with van der Waals surface area (Å²) in [6.45, 7) is 4.18. The van der Waals surface area contributed by atoms with E-state index in [1.165, 1.54) is 26.2 Å². The average Bonchev–Trinajstić information content (AvgIpc) is 3.22. The largest absolute Gasteiger partial charge is 0.355 e. The van der Waals surface area contributed by atoms with E-state index in [0.717, 1.165) is 35.7 Å². The van der Waals surface area contributed by atoms with Gasteiger partial charge in [-0.3, -0.25) is 4.79 Å². The zero-order valence-corrected chi connectivity index (χ0v) is 17.4. The van der Waals surface area contributed by atoms with Gasteiger partial charge in [0.15, 0.2) is 0 Å². The number of hydrogen-bond donors (Lipinski definition) is 4. The zero-order chi connectivity index (χ0) is 20.1. The molecule has 0 saturated carbocycles. The van der Waals surface area contributed by atoms with Gasteiger partial charge in [0.2, 0.25) is 0 Å². The third-order valence-electron chi connectivity index (χ3n) is 3.70. The Morgan fingerprint density at radius 2 is 2.15 bits per heavy atom. The highest BCUT2D eigenvalue weighted by atomic mass is 32.2. The molecule has 3 heterocycles. The number of carbonyl (C=O) groups excluding carboxylic acids is 1. The van der Waals surface area contributed by atoms with Crippen LogP contribution in [-0.2, 0) is 4.79 Å². The average molecular weight is 394 g/mol. The maximum absolute atomic E-state index is 11.7. The topological polar surface area (TPSA) is 112 Å². The molecule has 0 saturated heterocycles. The molecule has 1 aliphatic rings. The number of aromatic amines is 1. The van der Waals surface area contributed by atoms with E-state index in [9.17, 15) is 4.79 Å². The lowest BCUT2D eigenvalue weighted by molar-refractivity contribution is -0.116. The van der Waals surface area contributed by atoms with Crippen molar-refractivity contribution in [1.29, 1.82) is 0 Å². The second-order valence-electron chi connectivity index (χ2n) is 5.51. The van der Waals surface area contributed by atoms with Crippen LogP contribution in [0.3, 0.4) is 0 Å². The number of hydrogen-bond acceptors (Lipinski definition) is 7. The fraction of sp³-hybridized carbons (Fsp3) is 0.500. The highest BCUT2D eigenvalue weighted by molar-refractivity contribution is 8.04. The molecule has 0 radical (unpaired) electrons. The van der Waals surface area contributed by atoms with Gasteiger partial charge >= 0.3 is 0 Å². The molecular formula is C18H31N7OS. The van der Waals surface area contributed by atoms with Crippen molar-refractivity contribution in [2.75, 3.05) is 44.9 Å². The van der Waals surface area contributed by atoms with Crippen LogP contribution >= 0.6 is 11.8 Å². The maximum atomic E-state index is 11.7. The summed E-state index contributed by atoms with van der Waals surface area (Å²) in [5.41, 5.74) is 5.30. The van der Waals surface area contributed by atoms with Crippen molar-refractivity contribution >= 4 is 34.5 Å². The quantitative estimate of drug-likeness (QED) is 0.572. The molecule has 0 atom stereocenters. The lowest BCUT2D eigenvalue weighted by atomic mass is 10.3. The SMILES string of the molecule is CCCCNC.CN.CNC(=O)C1=CN(c2ncnc3[nH]ccc23)CCS1. The number of nitrogens with zero attached hydrogens (tertiary/aromatic N) is 3. The Balaban J connectivity index is 0.000000392. The van der Waals surface area contributed by atoms with Crippen molar-refractivity contribution in [3.05, 3.63) is 29.7 Å². The lowest BCUT2D eigenvalue weighted by Gasteiger charge is -2.25. The molecule has 9 heteroatoms. The predicted octanol–water partition coefficient (Wildman–Crippen LogP) is 1.68. The van der Waals surface area contributed by atoms with Crippen LogP contribution in [0.1, 0.15) is 19.8 Å². The van der Waals surface area contributed by atoms with Crippen molar-refractivity contribution in [2.45, 2.75) is 19.8 Å². The third kappa shape index (κ3) is 6.85. The summed E-state index contributed by atoms with van der Waals surface area (Å²) in [6, 6.07) is 1.94. The van der Waals surface area contributed by atoms with Crippen LogP contribution in [0.15, 0.2) is 29.7 Å². The number of thioether (sulfide) groups is 1. The standard InChI is InChI=1S/C12H13N5OS.C5H13N.CH5N/c1-13-12(18)9-6-17(4-5-19-9)11-8-2-3-14-10(8)15-7-16-11;1-3-4-5-6-2;1-2/h2-3,6-7H,4-5H2,1H3,(H,13,18)(H,14,15,16);6H,3-5H2,1-2H3;2H2,1H3. The third-order valence-corrected chi connectivity index (χ3v) is 4.69. The highest BCUT2D eigenvalue weighted by Crippen LogP contribution is 2.28. The first-order valence-electron chi connectivity index (χ1n) is 9.05. The van der Waals surface area contributed by atoms with Crippen LogP contribution in [0.4, 0.5) is 5.82 Å². The van der Waals surface area contributed by atoms with Crippen LogP contribution in [0.25, 0.3) is 11.0 Å². The summed E-state index contributed by atoms with van der Waals surface area (Å²) in [6.07, 6.45) is 7.81. The van der Waals surface area contributed by atoms with Crippen LogP contribution in [-0.4, -0.2) is 60.8 Å². The molecule has 0 aromatic carbocycles. The minimum absolute atomic E-state index is 0.0610. The number of anilines is 1. The van der Waals surface area contributed by atoms with Gasteiger partial charge in [-0.15, -0.1) is 11.8 Å². The Hall–Kier alpha value is -2.10. The number of nitrogens with one attached hydrogen (secondary N) is 3. The number of likely N-dealkylation sites (N-methyl/N-ethyl adjacent to an activating group) is 1. The fourth-order valence-corrected chi connectivity index (χ4v) is 3.30. The molecule has 5 N–H and O–H groups in total. The van der Waals surface area contributed by atoms with Crippen LogP contribution in [0.2, 0.25) is 0 Å². The van der Waals surface area contributed by atoms with E-state index in [0.29, 0.717) is 4.91 Å². The maximum Gasteiger partial charge on any atom is 0.258 e. The van der Waals surface area contributed by atoms with Gasteiger partial charge in [-0.05, 0) is 33.1 Å². The molecule has 8 nitrogen and oxygen atoms in total. The summed E-state index contributed by atoms with van der Waals surface area (Å²) in [5.74, 6) is 1.62. The molecule has 27 heavy (non-hydrogen) atoms. The fourth-order valence-electron chi connectivity index (χ4n) is 2.35. The van der Waals surface area contributed by atoms with E-state index in [1.54, 1.807) is 18.8 Å².